The van der Waals surface area contributed by atoms with Crippen molar-refractivity contribution in [1.82, 2.24) is 0 Å². The van der Waals surface area contributed by atoms with Crippen molar-refractivity contribution in [2.24, 2.45) is 5.73 Å². The number of hydrogen-bond acceptors (Lipinski definition) is 7. The summed E-state index contributed by atoms with van der Waals surface area (Å²) in [5.74, 6) is -2.70. The molecule has 31 heavy (non-hydrogen) atoms. The number of epoxide rings is 1. The number of ether oxygens (including phenoxy) is 2. The summed E-state index contributed by atoms with van der Waals surface area (Å²) in [6.45, 7) is 6.49. The number of allylic oxidation sites excluding steroid dienone is 7. The number of primary amides is 1. The molecule has 0 radical (unpaired) electrons. The maximum absolute atomic E-state index is 12.7. The Morgan fingerprint density at radius 3 is 2.29 bits per heavy atom. The fourth-order valence-corrected chi connectivity index (χ4v) is 2.94. The first-order valence-electron chi connectivity index (χ1n) is 9.67. The van der Waals surface area contributed by atoms with Crippen LogP contribution in [0.4, 0.5) is 0 Å². The third-order valence-electron chi connectivity index (χ3n) is 4.60. The lowest BCUT2D eigenvalue weighted by Crippen LogP contribution is -2.43. The van der Waals surface area contributed by atoms with Crippen LogP contribution in [0, 0.1) is 0 Å². The first-order chi connectivity index (χ1) is 14.5. The van der Waals surface area contributed by atoms with Gasteiger partial charge in [0.25, 0.3) is 5.91 Å². The summed E-state index contributed by atoms with van der Waals surface area (Å²) >= 11 is 0. The summed E-state index contributed by atoms with van der Waals surface area (Å²) in [6, 6.07) is 0. The largest absolute Gasteiger partial charge is 0.465 e. The van der Waals surface area contributed by atoms with Crippen LogP contribution >= 0.6 is 0 Å². The quantitative estimate of drug-likeness (QED) is 0.167. The second kappa shape index (κ2) is 11.3. The summed E-state index contributed by atoms with van der Waals surface area (Å²) < 4.78 is 9.81. The molecule has 168 valence electrons. The molecule has 8 heteroatoms. The first-order valence-corrected chi connectivity index (χ1v) is 9.67. The molecule has 1 rings (SSSR count). The Labute approximate surface area is 181 Å². The molecular weight excluding hydrogens is 402 g/mol. The Morgan fingerprint density at radius 2 is 1.77 bits per heavy atom. The lowest BCUT2D eigenvalue weighted by atomic mass is 9.91. The third-order valence-corrected chi connectivity index (χ3v) is 4.60. The van der Waals surface area contributed by atoms with Gasteiger partial charge in [-0.05, 0) is 39.3 Å². The number of aliphatic hydroxyl groups excluding tert-OH is 1. The molecule has 1 amide bonds. The van der Waals surface area contributed by atoms with Crippen LogP contribution in [0.15, 0.2) is 58.7 Å². The van der Waals surface area contributed by atoms with Gasteiger partial charge < -0.3 is 20.3 Å². The number of methoxy groups -OCH3 is 1. The normalized spacial score (nSPS) is 22.5. The summed E-state index contributed by atoms with van der Waals surface area (Å²) in [7, 11) is 1.31. The van der Waals surface area contributed by atoms with E-state index in [0.717, 1.165) is 11.1 Å². The number of ketones is 2. The topological polar surface area (TPSA) is 136 Å². The number of carbonyl (C=O) groups excluding carboxylic acids is 4. The van der Waals surface area contributed by atoms with Crippen LogP contribution < -0.4 is 5.73 Å². The molecule has 1 saturated heterocycles. The highest BCUT2D eigenvalue weighted by atomic mass is 16.6. The van der Waals surface area contributed by atoms with Crippen LogP contribution in [0.25, 0.3) is 0 Å². The average molecular weight is 431 g/mol. The zero-order valence-electron chi connectivity index (χ0n) is 18.4. The van der Waals surface area contributed by atoms with Gasteiger partial charge in [0.2, 0.25) is 11.4 Å². The van der Waals surface area contributed by atoms with E-state index in [0.29, 0.717) is 5.57 Å². The van der Waals surface area contributed by atoms with Crippen LogP contribution in [0.1, 0.15) is 34.1 Å². The molecule has 0 aromatic heterocycles. The minimum Gasteiger partial charge on any atom is -0.465 e. The second-order valence-corrected chi connectivity index (χ2v) is 7.09. The number of carbonyl (C=O) groups is 4. The number of esters is 1. The number of aliphatic hydroxyl groups is 1. The second-order valence-electron chi connectivity index (χ2n) is 7.09. The molecule has 8 nitrogen and oxygen atoms in total. The van der Waals surface area contributed by atoms with Crippen molar-refractivity contribution in [1.29, 1.82) is 0 Å². The molecule has 1 fully saturated rings. The summed E-state index contributed by atoms with van der Waals surface area (Å²) in [5, 5.41) is 8.87. The summed E-state index contributed by atoms with van der Waals surface area (Å²) in [5.41, 5.74) is 5.60. The Bertz CT molecular complexity index is 905. The minimum absolute atomic E-state index is 0.191. The lowest BCUT2D eigenvalue weighted by Gasteiger charge is -2.07. The van der Waals surface area contributed by atoms with Crippen molar-refractivity contribution < 1.29 is 33.8 Å². The van der Waals surface area contributed by atoms with E-state index in [9.17, 15) is 19.2 Å². The number of amides is 1. The molecule has 1 aliphatic rings. The Kier molecular flexibility index (Phi) is 9.48. The molecule has 0 aromatic carbocycles. The monoisotopic (exact) mass is 431 g/mol. The highest BCUT2D eigenvalue weighted by Gasteiger charge is 2.70. The van der Waals surface area contributed by atoms with Gasteiger partial charge in [0.15, 0.2) is 11.9 Å². The molecule has 1 heterocycles. The van der Waals surface area contributed by atoms with E-state index in [4.69, 9.17) is 20.3 Å². The highest BCUT2D eigenvalue weighted by Crippen LogP contribution is 2.40. The van der Waals surface area contributed by atoms with E-state index >= 15 is 0 Å². The van der Waals surface area contributed by atoms with Crippen molar-refractivity contribution in [2.75, 3.05) is 13.7 Å². The van der Waals surface area contributed by atoms with Crippen molar-refractivity contribution in [3.63, 3.8) is 0 Å². The van der Waals surface area contributed by atoms with Gasteiger partial charge in [-0.2, -0.15) is 0 Å². The van der Waals surface area contributed by atoms with Crippen molar-refractivity contribution in [3.8, 4) is 0 Å². The van der Waals surface area contributed by atoms with E-state index in [1.165, 1.54) is 20.1 Å². The highest BCUT2D eigenvalue weighted by molar-refractivity contribution is 6.22. The van der Waals surface area contributed by atoms with Gasteiger partial charge in [-0.25, -0.2) is 4.79 Å². The molecular formula is C23H29NO7. The maximum Gasteiger partial charge on any atom is 0.337 e. The van der Waals surface area contributed by atoms with Crippen LogP contribution in [0.5, 0.6) is 0 Å². The minimum atomic E-state index is -2.00. The van der Waals surface area contributed by atoms with Crippen LogP contribution in [-0.2, 0) is 28.7 Å². The Balaban J connectivity index is 2.94. The predicted octanol–water partition coefficient (Wildman–Crippen LogP) is 1.64. The predicted molar refractivity (Wildman–Crippen MR) is 115 cm³/mol. The number of nitrogens with two attached hydrogens (primary N) is 1. The van der Waals surface area contributed by atoms with Gasteiger partial charge in [-0.15, -0.1) is 0 Å². The smallest absolute Gasteiger partial charge is 0.337 e. The van der Waals surface area contributed by atoms with Gasteiger partial charge in [-0.1, -0.05) is 41.5 Å². The first kappa shape index (κ1) is 25.9. The molecule has 0 spiro atoms. The molecule has 0 unspecified atom stereocenters. The van der Waals surface area contributed by atoms with E-state index in [1.54, 1.807) is 31.2 Å². The van der Waals surface area contributed by atoms with Gasteiger partial charge in [0, 0.05) is 6.42 Å². The standard InChI is InChI=1S/C23H29NO7/c1-6-17(21(28)30-5)13-15(3)12-14(2)8-7-9-16(4)19(27)23(22(24)29)20(31-23)18(26)10-11-25/h6-9,12-13,20,25H,10-11H2,1-5H3,(H2,24,29)/t20-,23-/m0/s1. The molecule has 3 N–H and O–H groups in total. The van der Waals surface area contributed by atoms with E-state index < -0.39 is 41.8 Å². The molecule has 1 aliphatic heterocycles. The fourth-order valence-electron chi connectivity index (χ4n) is 2.94. The van der Waals surface area contributed by atoms with Gasteiger partial charge in [-0.3, -0.25) is 14.4 Å². The van der Waals surface area contributed by atoms with E-state index in [-0.39, 0.29) is 12.0 Å². The number of hydrogen-bond donors (Lipinski definition) is 2. The molecule has 0 aliphatic carbocycles. The Morgan fingerprint density at radius 1 is 1.13 bits per heavy atom. The van der Waals surface area contributed by atoms with Crippen molar-refractivity contribution in [3.05, 3.63) is 58.7 Å². The van der Waals surface area contributed by atoms with Crippen molar-refractivity contribution in [2.45, 2.75) is 45.8 Å². The van der Waals surface area contributed by atoms with Gasteiger partial charge >= 0.3 is 5.97 Å². The van der Waals surface area contributed by atoms with E-state index in [1.807, 2.05) is 19.9 Å². The summed E-state index contributed by atoms with van der Waals surface area (Å²) in [6.07, 6.45) is 8.54. The summed E-state index contributed by atoms with van der Waals surface area (Å²) in [4.78, 5) is 48.0. The fraction of sp³-hybridized carbons (Fsp3) is 0.391. The maximum atomic E-state index is 12.7. The Hall–Kier alpha value is -3.10. The third kappa shape index (κ3) is 6.44. The zero-order chi connectivity index (χ0) is 23.8. The van der Waals surface area contributed by atoms with Crippen molar-refractivity contribution >= 4 is 23.4 Å². The SMILES string of the molecule is CC=C(C=C(C)C=C(C)C=CC=C(C)C(=O)[C@]1(C(N)=O)O[C@H]1C(=O)CCO)C(=O)OC. The van der Waals surface area contributed by atoms with E-state index in [2.05, 4.69) is 0 Å². The van der Waals surface area contributed by atoms with Crippen LogP contribution in [-0.4, -0.2) is 54.0 Å². The lowest BCUT2D eigenvalue weighted by molar-refractivity contribution is -0.136. The number of rotatable bonds is 11. The van der Waals surface area contributed by atoms with Crippen LogP contribution in [0.3, 0.4) is 0 Å². The van der Waals surface area contributed by atoms with Crippen LogP contribution in [0.2, 0.25) is 0 Å². The average Bonchev–Trinajstić information content (AvgIpc) is 3.48. The molecule has 0 bridgehead atoms. The zero-order valence-corrected chi connectivity index (χ0v) is 18.4. The van der Waals surface area contributed by atoms with Gasteiger partial charge in [0.05, 0.1) is 19.3 Å². The van der Waals surface area contributed by atoms with Gasteiger partial charge in [0.1, 0.15) is 0 Å². The molecule has 0 aromatic rings. The molecule has 2 atom stereocenters. The number of Topliss-reactive ketones (excluding diaryl/α,β-unsaturated/α-hetero) is 2. The molecule has 0 saturated carbocycles.